The minimum absolute atomic E-state index is 0.0340. The molecule has 0 aliphatic heterocycles. The Balaban J connectivity index is 1.99. The summed E-state index contributed by atoms with van der Waals surface area (Å²) in [6.45, 7) is 7.08. The molecule has 0 saturated heterocycles. The number of nitrogens with one attached hydrogen (secondary N) is 1. The molecule has 0 fully saturated rings. The number of carbonyl (C=O) groups is 1. The van der Waals surface area contributed by atoms with Crippen LogP contribution >= 0.6 is 11.3 Å². The van der Waals surface area contributed by atoms with Gasteiger partial charge in [-0.15, -0.1) is 15.7 Å². The van der Waals surface area contributed by atoms with Gasteiger partial charge >= 0.3 is 6.03 Å². The van der Waals surface area contributed by atoms with Gasteiger partial charge in [0.05, 0.1) is 19.0 Å². The number of ether oxygens (including phenoxy) is 1. The number of thiazole rings is 1. The Kier molecular flexibility index (Phi) is 6.19. The normalized spacial score (nSPS) is 15.6. The maximum atomic E-state index is 12.9. The Morgan fingerprint density at radius 2 is 2.13 bits per heavy atom. The molecule has 164 valence electrons. The molecule has 3 rings (SSSR count). The quantitative estimate of drug-likeness (QED) is 0.634. The lowest BCUT2D eigenvalue weighted by molar-refractivity contribution is 0.0783. The Morgan fingerprint density at radius 3 is 2.70 bits per heavy atom. The number of aromatic nitrogens is 2. The van der Waals surface area contributed by atoms with Crippen molar-refractivity contribution in [2.75, 3.05) is 12.4 Å². The molecular formula is C19H27N5O4S2. The molecule has 1 aliphatic carbocycles. The molecule has 0 saturated carbocycles. The van der Waals surface area contributed by atoms with Crippen molar-refractivity contribution in [2.45, 2.75) is 62.7 Å². The first kappa shape index (κ1) is 22.6. The van der Waals surface area contributed by atoms with Gasteiger partial charge in [-0.05, 0) is 44.6 Å². The second kappa shape index (κ2) is 8.22. The van der Waals surface area contributed by atoms with E-state index in [1.54, 1.807) is 21.0 Å². The predicted octanol–water partition coefficient (Wildman–Crippen LogP) is 3.32. The minimum atomic E-state index is -3.52. The van der Waals surface area contributed by atoms with Crippen LogP contribution in [0.1, 0.15) is 61.9 Å². The predicted molar refractivity (Wildman–Crippen MR) is 116 cm³/mol. The molecule has 0 radical (unpaired) electrons. The van der Waals surface area contributed by atoms with Crippen LogP contribution in [0.2, 0.25) is 0 Å². The van der Waals surface area contributed by atoms with Crippen LogP contribution in [-0.2, 0) is 28.4 Å². The van der Waals surface area contributed by atoms with Crippen molar-refractivity contribution >= 4 is 33.0 Å². The summed E-state index contributed by atoms with van der Waals surface area (Å²) < 4.78 is 22.2. The summed E-state index contributed by atoms with van der Waals surface area (Å²) in [4.78, 5) is 21.4. The molecule has 2 aromatic heterocycles. The molecule has 0 bridgehead atoms. The molecule has 2 heterocycles. The van der Waals surface area contributed by atoms with Crippen molar-refractivity contribution in [3.8, 4) is 5.88 Å². The number of nitrogens with zero attached hydrogens (tertiary/aromatic N) is 3. The fourth-order valence-corrected chi connectivity index (χ4v) is 5.45. The zero-order valence-corrected chi connectivity index (χ0v) is 19.3. The smallest absolute Gasteiger partial charge is 0.354 e. The topological polar surface area (TPSA) is 140 Å². The van der Waals surface area contributed by atoms with Gasteiger partial charge in [-0.3, -0.25) is 0 Å². The van der Waals surface area contributed by atoms with E-state index in [-0.39, 0.29) is 10.1 Å². The molecule has 0 spiro atoms. The van der Waals surface area contributed by atoms with Crippen LogP contribution in [0.25, 0.3) is 0 Å². The van der Waals surface area contributed by atoms with E-state index >= 15 is 0 Å². The number of urea groups is 1. The fourth-order valence-electron chi connectivity index (χ4n) is 3.38. The lowest BCUT2D eigenvalue weighted by Crippen LogP contribution is -2.19. The molecule has 1 unspecified atom stereocenters. The Labute approximate surface area is 180 Å². The van der Waals surface area contributed by atoms with E-state index in [0.717, 1.165) is 47.4 Å². The minimum Gasteiger partial charge on any atom is -0.481 e. The van der Waals surface area contributed by atoms with E-state index < -0.39 is 21.5 Å². The molecule has 0 aromatic carbocycles. The van der Waals surface area contributed by atoms with E-state index in [9.17, 15) is 14.1 Å². The summed E-state index contributed by atoms with van der Waals surface area (Å²) in [5.74, 6) is 0.499. The number of aryl methyl sites for hydroxylation is 1. The lowest BCUT2D eigenvalue weighted by atomic mass is 9.98. The van der Waals surface area contributed by atoms with E-state index in [4.69, 9.17) is 9.88 Å². The van der Waals surface area contributed by atoms with Crippen molar-refractivity contribution in [2.24, 2.45) is 9.50 Å². The molecule has 1 aliphatic rings. The molecule has 4 N–H and O–H groups in total. The number of amides is 2. The molecule has 1 atom stereocenters. The van der Waals surface area contributed by atoms with Crippen LogP contribution < -0.4 is 15.2 Å². The van der Waals surface area contributed by atoms with Crippen LogP contribution in [0.5, 0.6) is 5.88 Å². The maximum Gasteiger partial charge on any atom is 0.354 e. The number of aliphatic hydroxyl groups is 1. The SMILES string of the molecule is COc1nc2c(c(NC(=O)N=S(N)(=O)c3cnc(C(C)(C)O)s3)c1C(C)C)CCC2. The van der Waals surface area contributed by atoms with E-state index in [0.29, 0.717) is 16.6 Å². The highest BCUT2D eigenvalue weighted by Gasteiger charge is 2.27. The number of rotatable bonds is 5. The van der Waals surface area contributed by atoms with Crippen molar-refractivity contribution in [3.63, 3.8) is 0 Å². The van der Waals surface area contributed by atoms with E-state index in [2.05, 4.69) is 19.6 Å². The van der Waals surface area contributed by atoms with Gasteiger partial charge in [0.2, 0.25) is 5.88 Å². The molecular weight excluding hydrogens is 426 g/mol. The second-order valence-electron chi connectivity index (χ2n) is 7.98. The zero-order valence-electron chi connectivity index (χ0n) is 17.7. The molecule has 2 amide bonds. The highest BCUT2D eigenvalue weighted by Crippen LogP contribution is 2.39. The summed E-state index contributed by atoms with van der Waals surface area (Å²) in [5.41, 5.74) is 2.01. The number of hydrogen-bond donors (Lipinski definition) is 3. The third-order valence-corrected chi connectivity index (χ3v) is 7.93. The number of carbonyl (C=O) groups excluding carboxylic acids is 1. The van der Waals surface area contributed by atoms with E-state index in [1.807, 2.05) is 13.8 Å². The van der Waals surface area contributed by atoms with Crippen LogP contribution in [-0.4, -0.2) is 32.4 Å². The van der Waals surface area contributed by atoms with Gasteiger partial charge in [0.25, 0.3) is 0 Å². The Hall–Kier alpha value is -2.08. The number of pyridine rings is 1. The summed E-state index contributed by atoms with van der Waals surface area (Å²) in [6, 6.07) is -0.815. The number of fused-ring (bicyclic) bond motifs is 1. The van der Waals surface area contributed by atoms with Crippen LogP contribution in [0.15, 0.2) is 14.8 Å². The van der Waals surface area contributed by atoms with Crippen molar-refractivity contribution in [3.05, 3.63) is 28.0 Å². The van der Waals surface area contributed by atoms with Crippen molar-refractivity contribution < 1.29 is 18.8 Å². The lowest BCUT2D eigenvalue weighted by Gasteiger charge is -2.19. The average molecular weight is 454 g/mol. The van der Waals surface area contributed by atoms with Gasteiger partial charge in [0.1, 0.15) is 14.8 Å². The number of nitrogens with two attached hydrogens (primary N) is 1. The van der Waals surface area contributed by atoms with E-state index in [1.165, 1.54) is 6.20 Å². The highest BCUT2D eigenvalue weighted by molar-refractivity contribution is 7.93. The summed E-state index contributed by atoms with van der Waals surface area (Å²) in [5, 5.41) is 19.0. The maximum absolute atomic E-state index is 12.9. The van der Waals surface area contributed by atoms with Gasteiger partial charge in [-0.25, -0.2) is 24.1 Å². The van der Waals surface area contributed by atoms with Gasteiger partial charge in [-0.2, -0.15) is 0 Å². The number of methoxy groups -OCH3 is 1. The molecule has 9 nitrogen and oxygen atoms in total. The van der Waals surface area contributed by atoms with Gasteiger partial charge in [0, 0.05) is 11.3 Å². The van der Waals surface area contributed by atoms with Gasteiger partial charge in [0.15, 0.2) is 9.92 Å². The highest BCUT2D eigenvalue weighted by atomic mass is 32.2. The van der Waals surface area contributed by atoms with Gasteiger partial charge < -0.3 is 15.2 Å². The summed E-state index contributed by atoms with van der Waals surface area (Å²) in [7, 11) is -1.98. The molecule has 11 heteroatoms. The summed E-state index contributed by atoms with van der Waals surface area (Å²) >= 11 is 0.964. The average Bonchev–Trinajstić information content (AvgIpc) is 3.29. The van der Waals surface area contributed by atoms with Crippen LogP contribution in [0, 0.1) is 0 Å². The third-order valence-electron chi connectivity index (χ3n) is 4.74. The van der Waals surface area contributed by atoms with Gasteiger partial charge in [-0.1, -0.05) is 13.8 Å². The Bertz CT molecular complexity index is 1100. The Morgan fingerprint density at radius 1 is 1.43 bits per heavy atom. The van der Waals surface area contributed by atoms with Crippen LogP contribution in [0.3, 0.4) is 0 Å². The van der Waals surface area contributed by atoms with Crippen molar-refractivity contribution in [1.82, 2.24) is 9.97 Å². The summed E-state index contributed by atoms with van der Waals surface area (Å²) in [6.07, 6.45) is 3.80. The zero-order chi connectivity index (χ0) is 22.3. The third kappa shape index (κ3) is 4.48. The first-order valence-electron chi connectivity index (χ1n) is 9.58. The van der Waals surface area contributed by atoms with Crippen molar-refractivity contribution in [1.29, 1.82) is 0 Å². The first-order valence-corrected chi connectivity index (χ1v) is 12.0. The standard InChI is InChI=1S/C19H27N5O4S2/c1-10(2)14-15(11-7-6-8-12(11)22-16(14)28-5)23-18(25)24-30(20,27)13-9-21-17(29-13)19(3,4)26/h9-10,26H,6-8H2,1-5H3,(H3,20,22,23,24,25,27). The fraction of sp³-hybridized carbons (Fsp3) is 0.526. The first-order chi connectivity index (χ1) is 13.9. The second-order valence-corrected chi connectivity index (χ2v) is 11.0. The molecule has 2 aromatic rings. The number of anilines is 1. The monoisotopic (exact) mass is 453 g/mol. The number of hydrogen-bond acceptors (Lipinski definition) is 7. The molecule has 30 heavy (non-hydrogen) atoms. The van der Waals surface area contributed by atoms with Crippen LogP contribution in [0.4, 0.5) is 10.5 Å². The largest absolute Gasteiger partial charge is 0.481 e.